The molecule has 0 unspecified atom stereocenters. The molecule has 2 N–H and O–H groups in total. The van der Waals surface area contributed by atoms with Crippen LogP contribution >= 0.6 is 0 Å². The number of likely N-dealkylation sites (N-methyl/N-ethyl adjacent to an activating group) is 2. The van der Waals surface area contributed by atoms with Gasteiger partial charge in [0.15, 0.2) is 0 Å². The fourth-order valence-corrected chi connectivity index (χ4v) is 3.22. The lowest BCUT2D eigenvalue weighted by Gasteiger charge is -2.34. The van der Waals surface area contributed by atoms with E-state index >= 15 is 0 Å². The van der Waals surface area contributed by atoms with Crippen molar-refractivity contribution in [1.82, 2.24) is 19.6 Å². The standard InChI is InChI=1S/C16H34N4O2/c1-17-5-9-19(10-6-17)13-15(21)3-4-16(22)14-20-11-7-18(2)8-12-20/h15-16,21-22H,3-14H2,1-2H3/t15-,16+. The van der Waals surface area contributed by atoms with Gasteiger partial charge in [0.1, 0.15) is 0 Å². The van der Waals surface area contributed by atoms with Crippen molar-refractivity contribution >= 4 is 0 Å². The Morgan fingerprint density at radius 1 is 0.636 bits per heavy atom. The maximum atomic E-state index is 10.2. The molecular formula is C16H34N4O2. The number of piperazine rings is 2. The van der Waals surface area contributed by atoms with Gasteiger partial charge in [0.05, 0.1) is 12.2 Å². The highest BCUT2D eigenvalue weighted by atomic mass is 16.3. The molecule has 2 saturated heterocycles. The van der Waals surface area contributed by atoms with Crippen molar-refractivity contribution in [2.45, 2.75) is 25.0 Å². The van der Waals surface area contributed by atoms with Gasteiger partial charge in [-0.1, -0.05) is 0 Å². The molecule has 6 nitrogen and oxygen atoms in total. The zero-order chi connectivity index (χ0) is 15.9. The average Bonchev–Trinajstić information content (AvgIpc) is 2.50. The largest absolute Gasteiger partial charge is 0.392 e. The number of aliphatic hydroxyl groups is 2. The Bertz CT molecular complexity index is 273. The summed E-state index contributed by atoms with van der Waals surface area (Å²) >= 11 is 0. The van der Waals surface area contributed by atoms with Crippen LogP contribution in [0.3, 0.4) is 0 Å². The first kappa shape index (κ1) is 18.1. The van der Waals surface area contributed by atoms with Crippen molar-refractivity contribution in [2.75, 3.05) is 79.5 Å². The molecule has 0 radical (unpaired) electrons. The van der Waals surface area contributed by atoms with Gasteiger partial charge in [0.2, 0.25) is 0 Å². The summed E-state index contributed by atoms with van der Waals surface area (Å²) in [6, 6.07) is 0. The van der Waals surface area contributed by atoms with Crippen LogP contribution in [-0.4, -0.2) is 122 Å². The molecule has 2 aliphatic heterocycles. The second-order valence-corrected chi connectivity index (χ2v) is 7.09. The normalized spacial score (nSPS) is 26.2. The SMILES string of the molecule is CN1CCN(C[C@H](O)CC[C@H](O)CN2CCN(C)CC2)CC1. The van der Waals surface area contributed by atoms with Gasteiger partial charge in [-0.15, -0.1) is 0 Å². The molecule has 0 aromatic carbocycles. The number of nitrogens with zero attached hydrogens (tertiary/aromatic N) is 4. The molecule has 2 atom stereocenters. The van der Waals surface area contributed by atoms with Gasteiger partial charge in [-0.05, 0) is 26.9 Å². The van der Waals surface area contributed by atoms with Gasteiger partial charge in [-0.2, -0.15) is 0 Å². The van der Waals surface area contributed by atoms with Gasteiger partial charge >= 0.3 is 0 Å². The smallest absolute Gasteiger partial charge is 0.0668 e. The van der Waals surface area contributed by atoms with Crippen LogP contribution in [-0.2, 0) is 0 Å². The quantitative estimate of drug-likeness (QED) is 0.628. The molecule has 0 aromatic heterocycles. The van der Waals surface area contributed by atoms with Crippen LogP contribution in [0, 0.1) is 0 Å². The predicted molar refractivity (Wildman–Crippen MR) is 89.1 cm³/mol. The van der Waals surface area contributed by atoms with Crippen molar-refractivity contribution in [3.63, 3.8) is 0 Å². The van der Waals surface area contributed by atoms with Crippen molar-refractivity contribution < 1.29 is 10.2 Å². The lowest BCUT2D eigenvalue weighted by molar-refractivity contribution is 0.0461. The molecule has 2 rings (SSSR count). The number of aliphatic hydroxyl groups excluding tert-OH is 2. The Hall–Kier alpha value is -0.240. The van der Waals surface area contributed by atoms with Gasteiger partial charge in [0.25, 0.3) is 0 Å². The second-order valence-electron chi connectivity index (χ2n) is 7.09. The van der Waals surface area contributed by atoms with Crippen molar-refractivity contribution in [3.05, 3.63) is 0 Å². The Balaban J connectivity index is 1.56. The van der Waals surface area contributed by atoms with Crippen molar-refractivity contribution in [2.24, 2.45) is 0 Å². The molecular weight excluding hydrogens is 280 g/mol. The first-order valence-electron chi connectivity index (χ1n) is 8.71. The summed E-state index contributed by atoms with van der Waals surface area (Å²) in [5, 5.41) is 20.3. The Morgan fingerprint density at radius 2 is 0.955 bits per heavy atom. The monoisotopic (exact) mass is 314 g/mol. The van der Waals surface area contributed by atoms with E-state index < -0.39 is 0 Å². The van der Waals surface area contributed by atoms with Gasteiger partial charge < -0.3 is 20.0 Å². The highest BCUT2D eigenvalue weighted by molar-refractivity contribution is 4.75. The average molecular weight is 314 g/mol. The van der Waals surface area contributed by atoms with Crippen LogP contribution in [0.15, 0.2) is 0 Å². The van der Waals surface area contributed by atoms with E-state index in [4.69, 9.17) is 0 Å². The first-order chi connectivity index (χ1) is 10.5. The van der Waals surface area contributed by atoms with Crippen LogP contribution in [0.5, 0.6) is 0 Å². The number of β-amino-alcohol motifs (C(OH)–C–C–N with tert-alkyl or cyclic N) is 2. The van der Waals surface area contributed by atoms with Gasteiger partial charge in [-0.25, -0.2) is 0 Å². The summed E-state index contributed by atoms with van der Waals surface area (Å²) < 4.78 is 0. The van der Waals surface area contributed by atoms with E-state index in [1.165, 1.54) is 0 Å². The third-order valence-corrected chi connectivity index (χ3v) is 4.96. The highest BCUT2D eigenvalue weighted by Gasteiger charge is 2.20. The summed E-state index contributed by atoms with van der Waals surface area (Å²) in [6.45, 7) is 9.97. The third kappa shape index (κ3) is 6.48. The zero-order valence-electron chi connectivity index (χ0n) is 14.3. The van der Waals surface area contributed by atoms with E-state index in [-0.39, 0.29) is 12.2 Å². The minimum Gasteiger partial charge on any atom is -0.392 e. The number of hydrogen-bond donors (Lipinski definition) is 2. The zero-order valence-corrected chi connectivity index (χ0v) is 14.3. The summed E-state index contributed by atoms with van der Waals surface area (Å²) in [5.74, 6) is 0. The molecule has 0 bridgehead atoms. The van der Waals surface area contributed by atoms with Gasteiger partial charge in [-0.3, -0.25) is 9.80 Å². The highest BCUT2D eigenvalue weighted by Crippen LogP contribution is 2.08. The van der Waals surface area contributed by atoms with E-state index in [9.17, 15) is 10.2 Å². The maximum Gasteiger partial charge on any atom is 0.0668 e. The van der Waals surface area contributed by atoms with Crippen LogP contribution in [0.4, 0.5) is 0 Å². The van der Waals surface area contributed by atoms with Gasteiger partial charge in [0, 0.05) is 65.4 Å². The second kappa shape index (κ2) is 9.15. The molecule has 2 fully saturated rings. The third-order valence-electron chi connectivity index (χ3n) is 4.96. The molecule has 22 heavy (non-hydrogen) atoms. The van der Waals surface area contributed by atoms with E-state index in [1.807, 2.05) is 0 Å². The molecule has 130 valence electrons. The lowest BCUT2D eigenvalue weighted by atomic mass is 10.1. The van der Waals surface area contributed by atoms with Crippen LogP contribution in [0.1, 0.15) is 12.8 Å². The Kier molecular flexibility index (Phi) is 7.53. The lowest BCUT2D eigenvalue weighted by Crippen LogP contribution is -2.47. The summed E-state index contributed by atoms with van der Waals surface area (Å²) in [6.07, 6.45) is 0.763. The fourth-order valence-electron chi connectivity index (χ4n) is 3.22. The fraction of sp³-hybridized carbons (Fsp3) is 1.00. The van der Waals surface area contributed by atoms with Crippen LogP contribution in [0.2, 0.25) is 0 Å². The number of rotatable bonds is 7. The first-order valence-corrected chi connectivity index (χ1v) is 8.71. The molecule has 6 heteroatoms. The molecule has 0 spiro atoms. The van der Waals surface area contributed by atoms with E-state index in [1.54, 1.807) is 0 Å². The molecule has 0 aromatic rings. The summed E-state index contributed by atoms with van der Waals surface area (Å²) in [4.78, 5) is 9.31. The van der Waals surface area contributed by atoms with Crippen LogP contribution in [0.25, 0.3) is 0 Å². The Morgan fingerprint density at radius 3 is 1.27 bits per heavy atom. The number of hydrogen-bond acceptors (Lipinski definition) is 6. The molecule has 2 aliphatic rings. The molecule has 0 saturated carbocycles. The van der Waals surface area contributed by atoms with Crippen molar-refractivity contribution in [1.29, 1.82) is 0 Å². The topological polar surface area (TPSA) is 53.4 Å². The van der Waals surface area contributed by atoms with E-state index in [0.717, 1.165) is 65.4 Å². The Labute approximate surface area is 135 Å². The predicted octanol–water partition coefficient (Wildman–Crippen LogP) is -1.02. The minimum absolute atomic E-state index is 0.314. The molecule has 2 heterocycles. The van der Waals surface area contributed by atoms with E-state index in [2.05, 4.69) is 33.7 Å². The van der Waals surface area contributed by atoms with Crippen molar-refractivity contribution in [3.8, 4) is 0 Å². The molecule has 0 amide bonds. The summed E-state index contributed by atoms with van der Waals surface area (Å²) in [5.41, 5.74) is 0. The molecule has 0 aliphatic carbocycles. The van der Waals surface area contributed by atoms with Crippen LogP contribution < -0.4 is 0 Å². The maximum absolute atomic E-state index is 10.2. The minimum atomic E-state index is -0.314. The van der Waals surface area contributed by atoms with E-state index in [0.29, 0.717) is 12.8 Å². The summed E-state index contributed by atoms with van der Waals surface area (Å²) in [7, 11) is 4.28.